The van der Waals surface area contributed by atoms with Gasteiger partial charge in [-0.15, -0.1) is 0 Å². The molecule has 11 atom stereocenters. The predicted molar refractivity (Wildman–Crippen MR) is 279 cm³/mol. The molecule has 398 valence electrons. The standard InChI is InChI=1S/C16H13NO5.C15H22N2O5.C13H26N2O3.C4H10S3.CH4O/c1-9-10-7-5-3-4-6-8-11(18)12(9)13(15(20)14(10)19)17-16(21)22-2;1-8-14(17)11(4-5-21-8)22-15(18)9-6-12(19-2)13(20-3)7-10(9)16;1-3-15-10-4-5-13(17-7-10)18-11-6-12(14)9(2)16-8-11;1-3-4-6-7-5-2;1-2/h3-4,10-11,14,18-19H,1H2,2H3,(H,17,21);6-8,11,14H,4-5,16-17H2,1-3H3;9-13,15H,3-8,14H2,1-2H3;3-4H2,1-2H3;2H,1H3/b4-3-;;;;/t;;9-,10?,11?,12?,13?;;/m..1../s1. The number of anilines is 1. The number of amides is 1. The lowest BCUT2D eigenvalue weighted by molar-refractivity contribution is -0.217. The summed E-state index contributed by atoms with van der Waals surface area (Å²) in [6.07, 6.45) is 5.55. The Morgan fingerprint density at radius 3 is 2.21 bits per heavy atom. The SMILES string of the molecule is C=C1C2=C(NC(=O)OC)C(=O)C(O)C1C#C/C=C\C#CC2O.CCCSSSC.CCNC1CCC(OC2CO[C@H](C)C(N)C2)OC1.CO.COc1cc(N)c(C(=O)OC2CCOC(C)C2N)cc1OC. The fraction of sp³-hybridized carbons (Fsp3) is 0.612. The molecule has 22 heteroatoms. The highest BCUT2D eigenvalue weighted by Crippen LogP contribution is 2.35. The summed E-state index contributed by atoms with van der Waals surface area (Å²) in [5, 5.41) is 32.9. The molecule has 1 aromatic rings. The molecule has 10 unspecified atom stereocenters. The maximum absolute atomic E-state index is 12.4. The van der Waals surface area contributed by atoms with Crippen LogP contribution >= 0.6 is 31.4 Å². The fourth-order valence-corrected chi connectivity index (χ4v) is 10.0. The highest BCUT2D eigenvalue weighted by Gasteiger charge is 2.41. The Bertz CT molecular complexity index is 2030. The number of nitrogens with two attached hydrogens (primary N) is 3. The van der Waals surface area contributed by atoms with Crippen LogP contribution in [0.4, 0.5) is 10.5 Å². The molecule has 3 heterocycles. The third kappa shape index (κ3) is 20.5. The van der Waals surface area contributed by atoms with Crippen LogP contribution in [0.25, 0.3) is 0 Å². The summed E-state index contributed by atoms with van der Waals surface area (Å²) in [6, 6.07) is 3.22. The van der Waals surface area contributed by atoms with E-state index in [0.717, 1.165) is 46.6 Å². The van der Waals surface area contributed by atoms with Crippen molar-refractivity contribution >= 4 is 54.9 Å². The van der Waals surface area contributed by atoms with Gasteiger partial charge in [0, 0.05) is 49.1 Å². The zero-order valence-corrected chi connectivity index (χ0v) is 44.7. The van der Waals surface area contributed by atoms with Crippen molar-refractivity contribution in [2.24, 2.45) is 17.4 Å². The van der Waals surface area contributed by atoms with Gasteiger partial charge in [-0.05, 0) is 79.9 Å². The lowest BCUT2D eigenvalue weighted by atomic mass is 9.78. The number of likely N-dealkylation sites (N-methyl/N-ethyl adjacent to an activating group) is 1. The van der Waals surface area contributed by atoms with Crippen LogP contribution in [0, 0.1) is 29.6 Å². The first-order valence-electron chi connectivity index (χ1n) is 23.1. The van der Waals surface area contributed by atoms with E-state index in [4.69, 9.17) is 55.5 Å². The van der Waals surface area contributed by atoms with Gasteiger partial charge in [0.05, 0.1) is 88.4 Å². The van der Waals surface area contributed by atoms with Crippen LogP contribution in [-0.4, -0.2) is 161 Å². The Morgan fingerprint density at radius 1 is 0.944 bits per heavy atom. The van der Waals surface area contributed by atoms with Gasteiger partial charge >= 0.3 is 12.1 Å². The van der Waals surface area contributed by atoms with Gasteiger partial charge in [-0.1, -0.05) is 65.7 Å². The van der Waals surface area contributed by atoms with Crippen molar-refractivity contribution in [2.75, 3.05) is 72.5 Å². The second-order valence-corrected chi connectivity index (χ2v) is 20.5. The van der Waals surface area contributed by atoms with E-state index >= 15 is 0 Å². The lowest BCUT2D eigenvalue weighted by Gasteiger charge is -2.36. The number of fused-ring (bicyclic) bond motifs is 2. The van der Waals surface area contributed by atoms with Crippen LogP contribution in [-0.2, 0) is 33.2 Å². The number of hydrogen-bond acceptors (Lipinski definition) is 21. The molecule has 6 rings (SSSR count). The molecule has 2 bridgehead atoms. The van der Waals surface area contributed by atoms with Crippen molar-refractivity contribution in [3.05, 3.63) is 53.3 Å². The van der Waals surface area contributed by atoms with Crippen LogP contribution in [0.1, 0.15) is 70.2 Å². The number of ether oxygens (including phenoxy) is 8. The van der Waals surface area contributed by atoms with E-state index < -0.39 is 42.1 Å². The molecule has 5 aliphatic rings. The topological polar surface area (TPSA) is 288 Å². The third-order valence-electron chi connectivity index (χ3n) is 11.2. The summed E-state index contributed by atoms with van der Waals surface area (Å²) in [7, 11) is 10.7. The summed E-state index contributed by atoms with van der Waals surface area (Å²) >= 11 is 0. The van der Waals surface area contributed by atoms with Crippen molar-refractivity contribution in [1.29, 1.82) is 0 Å². The fourth-order valence-electron chi connectivity index (χ4n) is 7.22. The van der Waals surface area contributed by atoms with E-state index in [9.17, 15) is 24.6 Å². The van der Waals surface area contributed by atoms with Crippen LogP contribution < -0.4 is 37.3 Å². The van der Waals surface area contributed by atoms with Gasteiger partial charge in [0.1, 0.15) is 18.3 Å². The quantitative estimate of drug-likeness (QED) is 0.0457. The first-order chi connectivity index (χ1) is 34.0. The molecule has 3 aliphatic heterocycles. The minimum Gasteiger partial charge on any atom is -0.493 e. The lowest BCUT2D eigenvalue weighted by Crippen LogP contribution is -2.50. The van der Waals surface area contributed by atoms with Crippen LogP contribution in [0.2, 0.25) is 0 Å². The molecule has 11 N–H and O–H groups in total. The Kier molecular flexibility index (Phi) is 30.6. The molecule has 3 saturated heterocycles. The van der Waals surface area contributed by atoms with E-state index in [0.29, 0.717) is 37.2 Å². The minimum absolute atomic E-state index is 0.0304. The molecule has 19 nitrogen and oxygen atoms in total. The number of benzene rings is 1. The molecule has 0 aromatic heterocycles. The molecule has 0 spiro atoms. The molecule has 3 fully saturated rings. The smallest absolute Gasteiger partial charge is 0.411 e. The van der Waals surface area contributed by atoms with E-state index in [1.54, 1.807) is 0 Å². The van der Waals surface area contributed by atoms with Gasteiger partial charge < -0.3 is 75.7 Å². The summed E-state index contributed by atoms with van der Waals surface area (Å²) < 4.78 is 42.9. The Balaban J connectivity index is 0.000000337. The first kappa shape index (κ1) is 63.1. The molecule has 0 radical (unpaired) electrons. The maximum Gasteiger partial charge on any atom is 0.411 e. The van der Waals surface area contributed by atoms with Crippen molar-refractivity contribution < 1.29 is 67.6 Å². The number of aliphatic hydroxyl groups is 3. The van der Waals surface area contributed by atoms with Gasteiger partial charge in [-0.25, -0.2) is 9.59 Å². The number of allylic oxidation sites excluding steroid dienone is 2. The number of carbonyl (C=O) groups is 3. The molecule has 71 heavy (non-hydrogen) atoms. The van der Waals surface area contributed by atoms with Gasteiger partial charge in [0.15, 0.2) is 17.8 Å². The van der Waals surface area contributed by atoms with Gasteiger partial charge in [-0.2, -0.15) is 0 Å². The summed E-state index contributed by atoms with van der Waals surface area (Å²) in [4.78, 5) is 36.0. The van der Waals surface area contributed by atoms with E-state index in [2.05, 4.69) is 65.7 Å². The average molecular weight is 1050 g/mol. The summed E-state index contributed by atoms with van der Waals surface area (Å²) in [6.45, 7) is 14.8. The van der Waals surface area contributed by atoms with Crippen molar-refractivity contribution in [3.8, 4) is 35.2 Å². The van der Waals surface area contributed by atoms with Crippen molar-refractivity contribution in [2.45, 2.75) is 121 Å². The molecular weight excluding hydrogens is 979 g/mol. The number of ketones is 1. The number of carbonyl (C=O) groups excluding carboxylic acids is 3. The van der Waals surface area contributed by atoms with Crippen LogP contribution in [0.5, 0.6) is 11.5 Å². The number of rotatable bonds is 13. The zero-order chi connectivity index (χ0) is 53.0. The number of hydrogen-bond donors (Lipinski definition) is 8. The van der Waals surface area contributed by atoms with E-state index in [-0.39, 0.29) is 64.8 Å². The van der Waals surface area contributed by atoms with Crippen molar-refractivity contribution in [1.82, 2.24) is 10.6 Å². The number of alkyl carbamates (subject to hydrolysis) is 1. The van der Waals surface area contributed by atoms with E-state index in [1.165, 1.54) is 50.7 Å². The summed E-state index contributed by atoms with van der Waals surface area (Å²) in [5.41, 5.74) is 18.3. The Hall–Kier alpha value is -3.98. The largest absolute Gasteiger partial charge is 0.493 e. The molecule has 1 amide bonds. The minimum atomic E-state index is -1.50. The number of nitrogens with one attached hydrogen (secondary N) is 2. The van der Waals surface area contributed by atoms with Crippen LogP contribution in [0.3, 0.4) is 0 Å². The number of Topliss-reactive ketones (excluding diaryl/α,β-unsaturated/α-hetero) is 1. The van der Waals surface area contributed by atoms with E-state index in [1.807, 2.05) is 45.3 Å². The third-order valence-corrected chi connectivity index (χ3v) is 15.3. The Labute approximate surface area is 430 Å². The number of methoxy groups -OCH3 is 3. The van der Waals surface area contributed by atoms with Crippen LogP contribution in [0.15, 0.2) is 47.7 Å². The molecule has 0 saturated carbocycles. The number of aliphatic hydroxyl groups excluding tert-OH is 3. The highest BCUT2D eigenvalue weighted by molar-refractivity contribution is 9.09. The van der Waals surface area contributed by atoms with Gasteiger partial charge in [-0.3, -0.25) is 10.1 Å². The Morgan fingerprint density at radius 2 is 1.62 bits per heavy atom. The second-order valence-electron chi connectivity index (χ2n) is 16.1. The normalized spacial score (nSPS) is 27.9. The predicted octanol–water partition coefficient (Wildman–Crippen LogP) is 3.88. The van der Waals surface area contributed by atoms with Gasteiger partial charge in [0.2, 0.25) is 5.78 Å². The summed E-state index contributed by atoms with van der Waals surface area (Å²) in [5.74, 6) is 10.4. The van der Waals surface area contributed by atoms with Crippen molar-refractivity contribution in [3.63, 3.8) is 0 Å². The second kappa shape index (κ2) is 34.4. The molecule has 1 aromatic carbocycles. The molecule has 2 aliphatic carbocycles. The zero-order valence-electron chi connectivity index (χ0n) is 42.2. The number of nitrogen functional groups attached to an aromatic ring is 1. The monoisotopic (exact) mass is 1050 g/mol. The molecular formula is C49H75N5O14S3. The average Bonchev–Trinajstić information content (AvgIpc) is 3.36. The number of esters is 1. The first-order valence-corrected chi connectivity index (χ1v) is 27.2. The highest BCUT2D eigenvalue weighted by atomic mass is 33.5. The maximum atomic E-state index is 12.4. The van der Waals surface area contributed by atoms with Gasteiger partial charge in [0.25, 0.3) is 0 Å².